The molecule has 146 valence electrons. The van der Waals surface area contributed by atoms with Crippen molar-refractivity contribution >= 4 is 11.8 Å². The van der Waals surface area contributed by atoms with Gasteiger partial charge >= 0.3 is 6.09 Å². The highest BCUT2D eigenvalue weighted by Crippen LogP contribution is 2.33. The van der Waals surface area contributed by atoms with Gasteiger partial charge in [0.1, 0.15) is 12.8 Å². The number of rotatable bonds is 7. The molecule has 1 N–H and O–H groups in total. The molecule has 5 nitrogen and oxygen atoms in total. The summed E-state index contributed by atoms with van der Waals surface area (Å²) >= 11 is 0. The zero-order valence-corrected chi connectivity index (χ0v) is 16.5. The maximum Gasteiger partial charge on any atom is 0.418 e. The van der Waals surface area contributed by atoms with Crippen LogP contribution in [-0.4, -0.2) is 16.9 Å². The number of nitrogens with one attached hydrogen (secondary N) is 1. The lowest BCUT2D eigenvalue weighted by atomic mass is 9.83. The number of hydrogen-bond donors (Lipinski definition) is 1. The molecule has 5 heteroatoms. The molecule has 1 aromatic carbocycles. The Bertz CT molecular complexity index is 752. The summed E-state index contributed by atoms with van der Waals surface area (Å²) in [4.78, 5) is 12.3. The lowest BCUT2D eigenvalue weighted by molar-refractivity contribution is 0.0206. The zero-order valence-electron chi connectivity index (χ0n) is 16.5. The van der Waals surface area contributed by atoms with Crippen LogP contribution in [0.4, 0.5) is 10.5 Å². The van der Waals surface area contributed by atoms with Crippen molar-refractivity contribution in [2.75, 3.05) is 5.32 Å². The summed E-state index contributed by atoms with van der Waals surface area (Å²) in [6.45, 7) is 7.57. The molecule has 1 aliphatic heterocycles. The summed E-state index contributed by atoms with van der Waals surface area (Å²) in [5.41, 5.74) is 3.13. The molecule has 1 atom stereocenters. The van der Waals surface area contributed by atoms with Crippen LogP contribution in [0.2, 0.25) is 0 Å². The van der Waals surface area contributed by atoms with Gasteiger partial charge in [-0.1, -0.05) is 63.9 Å². The van der Waals surface area contributed by atoms with Crippen molar-refractivity contribution in [3.05, 3.63) is 53.9 Å². The molecular formula is C22H30N2O3. The third-order valence-corrected chi connectivity index (χ3v) is 5.03. The Morgan fingerprint density at radius 2 is 2.07 bits per heavy atom. The average molecular weight is 370 g/mol. The van der Waals surface area contributed by atoms with E-state index in [1.165, 1.54) is 23.8 Å². The Balaban J connectivity index is 1.57. The van der Waals surface area contributed by atoms with Crippen molar-refractivity contribution in [3.63, 3.8) is 0 Å². The predicted molar refractivity (Wildman–Crippen MR) is 107 cm³/mol. The van der Waals surface area contributed by atoms with Gasteiger partial charge in [0, 0.05) is 18.0 Å². The molecule has 1 aromatic heterocycles. The van der Waals surface area contributed by atoms with Crippen molar-refractivity contribution in [2.45, 2.75) is 65.9 Å². The van der Waals surface area contributed by atoms with E-state index in [0.717, 1.165) is 23.2 Å². The number of aromatic nitrogens is 1. The van der Waals surface area contributed by atoms with Crippen LogP contribution in [0.5, 0.6) is 0 Å². The minimum absolute atomic E-state index is 0.0273. The highest BCUT2D eigenvalue weighted by Gasteiger charge is 2.27. The van der Waals surface area contributed by atoms with E-state index in [-0.39, 0.29) is 24.3 Å². The van der Waals surface area contributed by atoms with E-state index in [9.17, 15) is 4.79 Å². The number of carbonyl (C=O) groups excluding carboxylic acids is 1. The van der Waals surface area contributed by atoms with Crippen LogP contribution in [0.15, 0.2) is 42.7 Å². The van der Waals surface area contributed by atoms with Crippen LogP contribution in [0, 0.1) is 5.41 Å². The lowest BCUT2D eigenvalue weighted by Crippen LogP contribution is -2.32. The number of hydrogen-bond acceptors (Lipinski definition) is 4. The fraction of sp³-hybridized carbons (Fsp3) is 0.500. The largest absolute Gasteiger partial charge is 0.444 e. The normalized spacial score (nSPS) is 16.5. The molecule has 2 aromatic rings. The first-order valence-corrected chi connectivity index (χ1v) is 9.77. The third-order valence-electron chi connectivity index (χ3n) is 5.03. The van der Waals surface area contributed by atoms with E-state index in [0.29, 0.717) is 6.61 Å². The topological polar surface area (TPSA) is 52.5 Å². The van der Waals surface area contributed by atoms with Crippen molar-refractivity contribution in [2.24, 2.45) is 5.41 Å². The summed E-state index contributed by atoms with van der Waals surface area (Å²) in [5.74, 6) is 0. The Kier molecular flexibility index (Phi) is 6.22. The van der Waals surface area contributed by atoms with Crippen molar-refractivity contribution in [3.8, 4) is 0 Å². The summed E-state index contributed by atoms with van der Waals surface area (Å²) < 4.78 is 12.9. The van der Waals surface area contributed by atoms with Gasteiger partial charge in [-0.3, -0.25) is 4.57 Å². The number of nitrogens with zero attached hydrogens (tertiary/aromatic N) is 1. The van der Waals surface area contributed by atoms with Gasteiger partial charge in [0.25, 0.3) is 0 Å². The zero-order chi connectivity index (χ0) is 19.3. The second-order valence-corrected chi connectivity index (χ2v) is 8.06. The summed E-state index contributed by atoms with van der Waals surface area (Å²) in [7, 11) is 0. The van der Waals surface area contributed by atoms with E-state index >= 15 is 0 Å². The molecule has 0 spiro atoms. The minimum Gasteiger partial charge on any atom is -0.444 e. The first-order valence-electron chi connectivity index (χ1n) is 9.77. The second-order valence-electron chi connectivity index (χ2n) is 8.06. The molecule has 1 unspecified atom stereocenters. The second kappa shape index (κ2) is 8.61. The molecule has 0 fully saturated rings. The first kappa shape index (κ1) is 19.5. The fourth-order valence-corrected chi connectivity index (χ4v) is 3.42. The molecule has 0 saturated heterocycles. The molecule has 2 heterocycles. The van der Waals surface area contributed by atoms with Crippen molar-refractivity contribution in [1.29, 1.82) is 0 Å². The quantitative estimate of drug-likeness (QED) is 0.694. The summed E-state index contributed by atoms with van der Waals surface area (Å²) in [6, 6.07) is 9.68. The van der Waals surface area contributed by atoms with Gasteiger partial charge in [-0.25, -0.2) is 4.79 Å². The van der Waals surface area contributed by atoms with Gasteiger partial charge in [0.05, 0.1) is 12.3 Å². The molecule has 0 bridgehead atoms. The van der Waals surface area contributed by atoms with Gasteiger partial charge in [0.2, 0.25) is 0 Å². The fourth-order valence-electron chi connectivity index (χ4n) is 3.42. The molecule has 3 rings (SSSR count). The lowest BCUT2D eigenvalue weighted by Gasteiger charge is -2.33. The number of unbranched alkanes of at least 4 members (excludes halogenated alkanes) is 1. The maximum absolute atomic E-state index is 12.3. The Morgan fingerprint density at radius 1 is 1.30 bits per heavy atom. The molecule has 0 amide bonds. The van der Waals surface area contributed by atoms with E-state index in [2.05, 4.69) is 26.1 Å². The molecule has 0 radical (unpaired) electrons. The first-order chi connectivity index (χ1) is 13.0. The van der Waals surface area contributed by atoms with Crippen LogP contribution < -0.4 is 5.32 Å². The number of ether oxygens (including phenoxy) is 2. The van der Waals surface area contributed by atoms with Crippen LogP contribution in [0.3, 0.4) is 0 Å². The number of fused-ring (bicyclic) bond motifs is 1. The number of carbonyl (C=O) groups is 1. The van der Waals surface area contributed by atoms with Gasteiger partial charge < -0.3 is 14.8 Å². The molecule has 27 heavy (non-hydrogen) atoms. The van der Waals surface area contributed by atoms with E-state index < -0.39 is 0 Å². The summed E-state index contributed by atoms with van der Waals surface area (Å²) in [5, 5.41) is 3.43. The van der Waals surface area contributed by atoms with E-state index in [1.54, 1.807) is 12.4 Å². The third kappa shape index (κ3) is 5.36. The van der Waals surface area contributed by atoms with E-state index in [1.807, 2.05) is 30.3 Å². The highest BCUT2D eigenvalue weighted by molar-refractivity contribution is 5.73. The molecular weight excluding hydrogens is 340 g/mol. The Hall–Kier alpha value is -2.27. The maximum atomic E-state index is 12.3. The monoisotopic (exact) mass is 370 g/mol. The highest BCUT2D eigenvalue weighted by atomic mass is 16.5. The van der Waals surface area contributed by atoms with E-state index in [4.69, 9.17) is 9.47 Å². The average Bonchev–Trinajstić information content (AvgIpc) is 3.08. The Morgan fingerprint density at radius 3 is 2.81 bits per heavy atom. The number of anilines is 1. The predicted octanol–water partition coefficient (Wildman–Crippen LogP) is 5.55. The van der Waals surface area contributed by atoms with Crippen LogP contribution >= 0.6 is 0 Å². The molecule has 0 aliphatic carbocycles. The molecule has 0 saturated carbocycles. The Labute approximate surface area is 161 Å². The van der Waals surface area contributed by atoms with Gasteiger partial charge in [0.15, 0.2) is 0 Å². The SMILES string of the molecule is CCCCC(C)(C)CC1Nc2cn(C(=O)OCc3ccccc3)cc2CO1. The summed E-state index contributed by atoms with van der Waals surface area (Å²) in [6.07, 6.45) is 7.75. The van der Waals surface area contributed by atoms with Crippen LogP contribution in [0.25, 0.3) is 0 Å². The van der Waals surface area contributed by atoms with Crippen LogP contribution in [0.1, 0.15) is 57.6 Å². The van der Waals surface area contributed by atoms with Crippen molar-refractivity contribution in [1.82, 2.24) is 4.57 Å². The number of benzene rings is 1. The van der Waals surface area contributed by atoms with Crippen LogP contribution in [-0.2, 0) is 22.7 Å². The molecule has 1 aliphatic rings. The van der Waals surface area contributed by atoms with Crippen molar-refractivity contribution < 1.29 is 14.3 Å². The smallest absolute Gasteiger partial charge is 0.418 e. The standard InChI is InChI=1S/C22H30N2O3/c1-4-5-11-22(2,3)12-20-23-19-14-24(13-18(19)16-26-20)21(25)27-15-17-9-7-6-8-10-17/h6-10,13-14,20,23H,4-5,11-12,15-16H2,1-3H3. The van der Waals surface area contributed by atoms with Gasteiger partial charge in [-0.2, -0.15) is 0 Å². The minimum atomic E-state index is -0.380. The van der Waals surface area contributed by atoms with Gasteiger partial charge in [-0.05, 0) is 23.8 Å². The van der Waals surface area contributed by atoms with Gasteiger partial charge in [-0.15, -0.1) is 0 Å².